The molecule has 2 unspecified atom stereocenters. The van der Waals surface area contributed by atoms with E-state index in [9.17, 15) is 9.59 Å². The summed E-state index contributed by atoms with van der Waals surface area (Å²) in [6.07, 6.45) is -0.269. The number of hydrazine groups is 1. The van der Waals surface area contributed by atoms with Crippen LogP contribution in [0.2, 0.25) is 0 Å². The van der Waals surface area contributed by atoms with E-state index in [0.29, 0.717) is 18.0 Å². The molecule has 0 bridgehead atoms. The molecule has 2 amide bonds. The molecule has 3 N–H and O–H groups in total. The van der Waals surface area contributed by atoms with Gasteiger partial charge in [-0.05, 0) is 18.4 Å². The first-order valence-electron chi connectivity index (χ1n) is 6.69. The minimum atomic E-state index is -0.332. The number of aliphatic hydroxyl groups is 1. The Hall–Kier alpha value is -1.48. The molecule has 8 heteroatoms. The molecule has 2 heterocycles. The molecule has 0 aliphatic carbocycles. The second-order valence-corrected chi connectivity index (χ2v) is 5.84. The van der Waals surface area contributed by atoms with Gasteiger partial charge in [0.15, 0.2) is 0 Å². The van der Waals surface area contributed by atoms with Crippen LogP contribution in [-0.2, 0) is 9.53 Å². The summed E-state index contributed by atoms with van der Waals surface area (Å²) in [5.74, 6) is -0.632. The Morgan fingerprint density at radius 1 is 1.52 bits per heavy atom. The van der Waals surface area contributed by atoms with Gasteiger partial charge in [0, 0.05) is 12.6 Å². The summed E-state index contributed by atoms with van der Waals surface area (Å²) in [5, 5.41) is 10.9. The zero-order valence-electron chi connectivity index (χ0n) is 11.7. The summed E-state index contributed by atoms with van der Waals surface area (Å²) >= 11 is 1.30. The van der Waals surface area contributed by atoms with Crippen LogP contribution in [0.4, 0.5) is 0 Å². The summed E-state index contributed by atoms with van der Waals surface area (Å²) in [6, 6.07) is 3.54. The van der Waals surface area contributed by atoms with Crippen LogP contribution in [0.25, 0.3) is 0 Å². The van der Waals surface area contributed by atoms with Crippen LogP contribution in [0.1, 0.15) is 16.6 Å². The first-order valence-corrected chi connectivity index (χ1v) is 7.57. The van der Waals surface area contributed by atoms with Gasteiger partial charge in [-0.25, -0.2) is 0 Å². The molecule has 1 aromatic heterocycles. The Balaban J connectivity index is 1.77. The summed E-state index contributed by atoms with van der Waals surface area (Å²) in [5.41, 5.74) is 4.77. The van der Waals surface area contributed by atoms with Gasteiger partial charge in [0.05, 0.1) is 30.7 Å². The number of aliphatic hydroxyl groups excluding tert-OH is 1. The molecule has 2 rings (SSSR count). The molecule has 0 saturated carbocycles. The summed E-state index contributed by atoms with van der Waals surface area (Å²) in [4.78, 5) is 26.0. The topological polar surface area (TPSA) is 90.9 Å². The zero-order valence-corrected chi connectivity index (χ0v) is 12.6. The molecule has 2 atom stereocenters. The fraction of sp³-hybridized carbons (Fsp3) is 0.538. The summed E-state index contributed by atoms with van der Waals surface area (Å²) in [7, 11) is 0. The SMILES string of the molecule is CC1COC(CO)CN1CC(=O)NNC(=O)c1cccs1. The van der Waals surface area contributed by atoms with Gasteiger partial charge in [0.1, 0.15) is 0 Å². The number of morpholine rings is 1. The van der Waals surface area contributed by atoms with E-state index in [-0.39, 0.29) is 37.1 Å². The predicted molar refractivity (Wildman–Crippen MR) is 77.8 cm³/mol. The van der Waals surface area contributed by atoms with Crippen LogP contribution in [-0.4, -0.2) is 60.3 Å². The minimum absolute atomic E-state index is 0.0695. The molecular formula is C13H19N3O4S. The Kier molecular flexibility index (Phi) is 5.68. The predicted octanol–water partition coefficient (Wildman–Crippen LogP) is -0.409. The van der Waals surface area contributed by atoms with E-state index >= 15 is 0 Å². The normalized spacial score (nSPS) is 22.8. The number of thiophene rings is 1. The molecule has 1 aromatic rings. The van der Waals surface area contributed by atoms with Gasteiger partial charge in [-0.15, -0.1) is 11.3 Å². The van der Waals surface area contributed by atoms with Crippen molar-refractivity contribution in [2.45, 2.75) is 19.1 Å². The highest BCUT2D eigenvalue weighted by Crippen LogP contribution is 2.10. The van der Waals surface area contributed by atoms with Gasteiger partial charge in [-0.3, -0.25) is 25.3 Å². The number of rotatable bonds is 4. The Bertz CT molecular complexity index is 480. The molecule has 116 valence electrons. The van der Waals surface area contributed by atoms with Gasteiger partial charge < -0.3 is 9.84 Å². The van der Waals surface area contributed by atoms with Crippen LogP contribution in [0.5, 0.6) is 0 Å². The van der Waals surface area contributed by atoms with E-state index in [1.54, 1.807) is 17.5 Å². The van der Waals surface area contributed by atoms with Crippen molar-refractivity contribution in [2.75, 3.05) is 26.3 Å². The van der Waals surface area contributed by atoms with Gasteiger partial charge in [0.2, 0.25) is 0 Å². The van der Waals surface area contributed by atoms with Gasteiger partial charge in [0.25, 0.3) is 11.8 Å². The van der Waals surface area contributed by atoms with Crippen molar-refractivity contribution in [1.82, 2.24) is 15.8 Å². The number of amides is 2. The molecule has 1 aliphatic rings. The number of nitrogens with zero attached hydrogens (tertiary/aromatic N) is 1. The standard InChI is InChI=1S/C13H19N3O4S/c1-9-8-20-10(7-17)5-16(9)6-12(18)14-15-13(19)11-3-2-4-21-11/h2-4,9-10,17H,5-8H2,1H3,(H,14,18)(H,15,19). The highest BCUT2D eigenvalue weighted by Gasteiger charge is 2.27. The quantitative estimate of drug-likeness (QED) is 0.658. The third-order valence-corrected chi connectivity index (χ3v) is 4.11. The lowest BCUT2D eigenvalue weighted by Crippen LogP contribution is -2.54. The molecule has 1 fully saturated rings. The second-order valence-electron chi connectivity index (χ2n) is 4.90. The van der Waals surface area contributed by atoms with E-state index < -0.39 is 0 Å². The van der Waals surface area contributed by atoms with Crippen LogP contribution < -0.4 is 10.9 Å². The molecule has 0 spiro atoms. The number of nitrogens with one attached hydrogen (secondary N) is 2. The van der Waals surface area contributed by atoms with Crippen molar-refractivity contribution in [1.29, 1.82) is 0 Å². The van der Waals surface area contributed by atoms with Crippen molar-refractivity contribution in [3.05, 3.63) is 22.4 Å². The first kappa shape index (κ1) is 15.9. The first-order chi connectivity index (χ1) is 10.1. The fourth-order valence-electron chi connectivity index (χ4n) is 2.03. The second kappa shape index (κ2) is 7.51. The van der Waals surface area contributed by atoms with E-state index in [0.717, 1.165) is 0 Å². The van der Waals surface area contributed by atoms with E-state index in [1.807, 2.05) is 11.8 Å². The van der Waals surface area contributed by atoms with Crippen LogP contribution in [0.3, 0.4) is 0 Å². The number of carbonyl (C=O) groups excluding carboxylic acids is 2. The van der Waals surface area contributed by atoms with Gasteiger partial charge >= 0.3 is 0 Å². The third-order valence-electron chi connectivity index (χ3n) is 3.25. The van der Waals surface area contributed by atoms with Gasteiger partial charge in [-0.2, -0.15) is 0 Å². The monoisotopic (exact) mass is 313 g/mol. The Morgan fingerprint density at radius 3 is 3.00 bits per heavy atom. The zero-order chi connectivity index (χ0) is 15.2. The number of ether oxygens (including phenoxy) is 1. The molecule has 7 nitrogen and oxygen atoms in total. The number of hydrogen-bond acceptors (Lipinski definition) is 6. The molecule has 21 heavy (non-hydrogen) atoms. The van der Waals surface area contributed by atoms with E-state index in [1.165, 1.54) is 11.3 Å². The lowest BCUT2D eigenvalue weighted by Gasteiger charge is -2.36. The average Bonchev–Trinajstić information content (AvgIpc) is 3.01. The Morgan fingerprint density at radius 2 is 2.33 bits per heavy atom. The largest absolute Gasteiger partial charge is 0.394 e. The lowest BCUT2D eigenvalue weighted by atomic mass is 10.2. The minimum Gasteiger partial charge on any atom is -0.394 e. The molecule has 1 aliphatic heterocycles. The highest BCUT2D eigenvalue weighted by molar-refractivity contribution is 7.12. The maximum atomic E-state index is 11.9. The fourth-order valence-corrected chi connectivity index (χ4v) is 2.64. The maximum absolute atomic E-state index is 11.9. The van der Waals surface area contributed by atoms with Crippen LogP contribution >= 0.6 is 11.3 Å². The highest BCUT2D eigenvalue weighted by atomic mass is 32.1. The number of carbonyl (C=O) groups is 2. The van der Waals surface area contributed by atoms with Crippen molar-refractivity contribution in [3.63, 3.8) is 0 Å². The number of hydrogen-bond donors (Lipinski definition) is 3. The van der Waals surface area contributed by atoms with E-state index in [2.05, 4.69) is 10.9 Å². The summed E-state index contributed by atoms with van der Waals surface area (Å²) < 4.78 is 5.41. The smallest absolute Gasteiger partial charge is 0.279 e. The lowest BCUT2D eigenvalue weighted by molar-refractivity contribution is -0.128. The van der Waals surface area contributed by atoms with Crippen molar-refractivity contribution >= 4 is 23.2 Å². The van der Waals surface area contributed by atoms with Crippen molar-refractivity contribution in [2.24, 2.45) is 0 Å². The van der Waals surface area contributed by atoms with Crippen LogP contribution in [0.15, 0.2) is 17.5 Å². The molecular weight excluding hydrogens is 294 g/mol. The van der Waals surface area contributed by atoms with Gasteiger partial charge in [-0.1, -0.05) is 6.07 Å². The molecule has 1 saturated heterocycles. The van der Waals surface area contributed by atoms with Crippen LogP contribution in [0, 0.1) is 0 Å². The van der Waals surface area contributed by atoms with E-state index in [4.69, 9.17) is 9.84 Å². The summed E-state index contributed by atoms with van der Waals surface area (Å²) in [6.45, 7) is 2.99. The average molecular weight is 313 g/mol. The third kappa shape index (κ3) is 4.50. The maximum Gasteiger partial charge on any atom is 0.279 e. The van der Waals surface area contributed by atoms with Crippen molar-refractivity contribution < 1.29 is 19.4 Å². The Labute approximate surface area is 126 Å². The molecule has 0 aromatic carbocycles. The molecule has 0 radical (unpaired) electrons. The van der Waals surface area contributed by atoms with Crippen molar-refractivity contribution in [3.8, 4) is 0 Å².